The monoisotopic (exact) mass is 386 g/mol. The van der Waals surface area contributed by atoms with E-state index in [9.17, 15) is 9.59 Å². The number of piperidine rings is 1. The number of halogens is 2. The second kappa shape index (κ2) is 8.28. The Balaban J connectivity index is 1.76. The molecular weight excluding hydrogens is 363 g/mol. The van der Waals surface area contributed by atoms with E-state index in [1.54, 1.807) is 18.2 Å². The fraction of sp³-hybridized carbons (Fsp3) is 0.556. The van der Waals surface area contributed by atoms with Crippen LogP contribution in [0, 0.1) is 5.41 Å². The van der Waals surface area contributed by atoms with Crippen molar-refractivity contribution in [3.8, 4) is 5.75 Å². The van der Waals surface area contributed by atoms with Gasteiger partial charge in [-0.15, -0.1) is 0 Å². The van der Waals surface area contributed by atoms with Crippen LogP contribution in [0.15, 0.2) is 18.2 Å². The van der Waals surface area contributed by atoms with E-state index in [-0.39, 0.29) is 29.9 Å². The van der Waals surface area contributed by atoms with E-state index in [4.69, 9.17) is 27.9 Å². The predicted octanol–water partition coefficient (Wildman–Crippen LogP) is 3.53. The molecule has 138 valence electrons. The molecule has 1 aliphatic rings. The summed E-state index contributed by atoms with van der Waals surface area (Å²) in [7, 11) is 0. The van der Waals surface area contributed by atoms with Gasteiger partial charge in [0.15, 0.2) is 6.61 Å². The quantitative estimate of drug-likeness (QED) is 0.860. The fourth-order valence-electron chi connectivity index (χ4n) is 2.71. The minimum Gasteiger partial charge on any atom is -0.482 e. The highest BCUT2D eigenvalue weighted by atomic mass is 35.5. The molecule has 1 heterocycles. The first kappa shape index (κ1) is 19.9. The second-order valence-corrected chi connectivity index (χ2v) is 8.09. The molecule has 2 amide bonds. The van der Waals surface area contributed by atoms with Crippen molar-refractivity contribution in [2.75, 3.05) is 19.7 Å². The van der Waals surface area contributed by atoms with Gasteiger partial charge in [0.1, 0.15) is 5.75 Å². The topological polar surface area (TPSA) is 58.6 Å². The van der Waals surface area contributed by atoms with Crippen LogP contribution in [0.4, 0.5) is 0 Å². The Hall–Kier alpha value is -1.46. The van der Waals surface area contributed by atoms with Crippen molar-refractivity contribution in [3.63, 3.8) is 0 Å². The van der Waals surface area contributed by atoms with Gasteiger partial charge in [-0.2, -0.15) is 0 Å². The summed E-state index contributed by atoms with van der Waals surface area (Å²) in [6.07, 6.45) is 1.49. The Morgan fingerprint density at radius 1 is 1.24 bits per heavy atom. The largest absolute Gasteiger partial charge is 0.482 e. The van der Waals surface area contributed by atoms with Crippen molar-refractivity contribution in [1.82, 2.24) is 10.2 Å². The normalized spacial score (nSPS) is 15.8. The Morgan fingerprint density at radius 2 is 1.88 bits per heavy atom. The average Bonchev–Trinajstić information content (AvgIpc) is 2.53. The number of carbonyl (C=O) groups is 2. The van der Waals surface area contributed by atoms with Crippen LogP contribution in [0.5, 0.6) is 5.75 Å². The zero-order valence-electron chi connectivity index (χ0n) is 14.8. The molecule has 1 aliphatic heterocycles. The van der Waals surface area contributed by atoms with Crippen LogP contribution in [-0.2, 0) is 9.59 Å². The Morgan fingerprint density at radius 3 is 2.44 bits per heavy atom. The van der Waals surface area contributed by atoms with Gasteiger partial charge in [0.05, 0.1) is 5.02 Å². The summed E-state index contributed by atoms with van der Waals surface area (Å²) in [5.41, 5.74) is -0.373. The smallest absolute Gasteiger partial charge is 0.258 e. The molecule has 0 radical (unpaired) electrons. The fourth-order valence-corrected chi connectivity index (χ4v) is 3.17. The number of ether oxygens (including phenoxy) is 1. The van der Waals surface area contributed by atoms with Crippen LogP contribution >= 0.6 is 23.2 Å². The van der Waals surface area contributed by atoms with E-state index in [2.05, 4.69) is 5.32 Å². The van der Waals surface area contributed by atoms with Crippen molar-refractivity contribution in [1.29, 1.82) is 0 Å². The number of carbonyl (C=O) groups excluding carboxylic acids is 2. The molecule has 5 nitrogen and oxygen atoms in total. The van der Waals surface area contributed by atoms with Crippen molar-refractivity contribution >= 4 is 35.0 Å². The summed E-state index contributed by atoms with van der Waals surface area (Å²) in [5, 5.41) is 3.83. The van der Waals surface area contributed by atoms with Gasteiger partial charge in [0, 0.05) is 29.6 Å². The highest BCUT2D eigenvalue weighted by Crippen LogP contribution is 2.27. The molecule has 0 aliphatic carbocycles. The zero-order chi connectivity index (χ0) is 18.6. The average molecular weight is 387 g/mol. The molecule has 0 saturated carbocycles. The number of nitrogens with zero attached hydrogens (tertiary/aromatic N) is 1. The Kier molecular flexibility index (Phi) is 6.58. The Labute approximate surface area is 158 Å². The highest BCUT2D eigenvalue weighted by Gasteiger charge is 2.30. The molecule has 0 atom stereocenters. The number of hydrogen-bond donors (Lipinski definition) is 1. The Bertz CT molecular complexity index is 636. The first-order valence-electron chi connectivity index (χ1n) is 8.33. The number of hydrogen-bond acceptors (Lipinski definition) is 3. The molecule has 1 fully saturated rings. The molecule has 7 heteroatoms. The highest BCUT2D eigenvalue weighted by molar-refractivity contribution is 6.35. The van der Waals surface area contributed by atoms with E-state index in [0.717, 1.165) is 12.8 Å². The van der Waals surface area contributed by atoms with Crippen LogP contribution in [0.3, 0.4) is 0 Å². The third-order valence-electron chi connectivity index (χ3n) is 4.04. The molecular formula is C18H24Cl2N2O3. The molecule has 0 unspecified atom stereocenters. The second-order valence-electron chi connectivity index (χ2n) is 7.25. The summed E-state index contributed by atoms with van der Waals surface area (Å²) < 4.78 is 5.43. The third kappa shape index (κ3) is 5.79. The van der Waals surface area contributed by atoms with E-state index in [1.165, 1.54) is 0 Å². The maximum atomic E-state index is 12.3. The van der Waals surface area contributed by atoms with Crippen LogP contribution in [0.25, 0.3) is 0 Å². The molecule has 1 aromatic rings. The summed E-state index contributed by atoms with van der Waals surface area (Å²) >= 11 is 11.8. The summed E-state index contributed by atoms with van der Waals surface area (Å²) in [5.74, 6) is 0.372. The van der Waals surface area contributed by atoms with Crippen molar-refractivity contribution in [2.24, 2.45) is 5.41 Å². The number of benzene rings is 1. The van der Waals surface area contributed by atoms with E-state index < -0.39 is 0 Å². The summed E-state index contributed by atoms with van der Waals surface area (Å²) in [6, 6.07) is 4.91. The third-order valence-corrected chi connectivity index (χ3v) is 4.57. The van der Waals surface area contributed by atoms with Gasteiger partial charge in [-0.05, 0) is 31.0 Å². The predicted molar refractivity (Wildman–Crippen MR) is 99.2 cm³/mol. The standard InChI is InChI=1S/C18H24Cl2N2O3/c1-18(2,3)17(24)22-8-6-13(7-9-22)21-16(23)11-25-15-5-4-12(19)10-14(15)20/h4-5,10,13H,6-9,11H2,1-3H3,(H,21,23). The van der Waals surface area contributed by atoms with Gasteiger partial charge in [0.25, 0.3) is 5.91 Å². The molecule has 25 heavy (non-hydrogen) atoms. The lowest BCUT2D eigenvalue weighted by Crippen LogP contribution is -2.49. The van der Waals surface area contributed by atoms with E-state index in [1.807, 2.05) is 25.7 Å². The maximum absolute atomic E-state index is 12.3. The number of amides is 2. The zero-order valence-corrected chi connectivity index (χ0v) is 16.3. The molecule has 0 aromatic heterocycles. The maximum Gasteiger partial charge on any atom is 0.258 e. The lowest BCUT2D eigenvalue weighted by molar-refractivity contribution is -0.140. The van der Waals surface area contributed by atoms with Crippen LogP contribution < -0.4 is 10.1 Å². The summed E-state index contributed by atoms with van der Waals surface area (Å²) in [6.45, 7) is 6.96. The van der Waals surface area contributed by atoms with Gasteiger partial charge in [0.2, 0.25) is 5.91 Å². The van der Waals surface area contributed by atoms with Crippen molar-refractivity contribution < 1.29 is 14.3 Å². The first-order valence-corrected chi connectivity index (χ1v) is 9.09. The molecule has 0 spiro atoms. The number of nitrogens with one attached hydrogen (secondary N) is 1. The van der Waals surface area contributed by atoms with Gasteiger partial charge >= 0.3 is 0 Å². The lowest BCUT2D eigenvalue weighted by atomic mass is 9.93. The molecule has 1 aromatic carbocycles. The molecule has 1 N–H and O–H groups in total. The minimum absolute atomic E-state index is 0.0563. The molecule has 1 saturated heterocycles. The lowest BCUT2D eigenvalue weighted by Gasteiger charge is -2.36. The minimum atomic E-state index is -0.373. The number of rotatable bonds is 4. The number of likely N-dealkylation sites (tertiary alicyclic amines) is 1. The first-order chi connectivity index (χ1) is 11.7. The molecule has 0 bridgehead atoms. The van der Waals surface area contributed by atoms with Crippen molar-refractivity contribution in [2.45, 2.75) is 39.7 Å². The SMILES string of the molecule is CC(C)(C)C(=O)N1CCC(NC(=O)COc2ccc(Cl)cc2Cl)CC1. The van der Waals surface area contributed by atoms with Crippen LogP contribution in [0.1, 0.15) is 33.6 Å². The van der Waals surface area contributed by atoms with Gasteiger partial charge in [-0.25, -0.2) is 0 Å². The van der Waals surface area contributed by atoms with E-state index in [0.29, 0.717) is 28.9 Å². The summed E-state index contributed by atoms with van der Waals surface area (Å²) in [4.78, 5) is 26.2. The van der Waals surface area contributed by atoms with Crippen LogP contribution in [-0.4, -0.2) is 42.5 Å². The van der Waals surface area contributed by atoms with Gasteiger partial charge in [-0.3, -0.25) is 9.59 Å². The van der Waals surface area contributed by atoms with Crippen LogP contribution in [0.2, 0.25) is 10.0 Å². The molecule has 2 rings (SSSR count). The van der Waals surface area contributed by atoms with Gasteiger partial charge in [-0.1, -0.05) is 44.0 Å². The van der Waals surface area contributed by atoms with Crippen molar-refractivity contribution in [3.05, 3.63) is 28.2 Å². The van der Waals surface area contributed by atoms with E-state index >= 15 is 0 Å². The van der Waals surface area contributed by atoms with Gasteiger partial charge < -0.3 is 15.0 Å².